The first kappa shape index (κ1) is 13.2. The van der Waals surface area contributed by atoms with Gasteiger partial charge in [-0.25, -0.2) is 8.42 Å². The smallest absolute Gasteiger partial charge is 0.264 e. The molecule has 0 saturated carbocycles. The van der Waals surface area contributed by atoms with E-state index in [0.717, 1.165) is 0 Å². The summed E-state index contributed by atoms with van der Waals surface area (Å²) >= 11 is 0. The van der Waals surface area contributed by atoms with E-state index in [0.29, 0.717) is 11.3 Å². The standard InChI is InChI=1S/C15H13NO2S/c1-3-13-9-11-15(12-10-13)19(17,18)16(2)14-7-5-4-6-8-14/h1,4-12H,2H3. The lowest BCUT2D eigenvalue weighted by atomic mass is 10.2. The van der Waals surface area contributed by atoms with Gasteiger partial charge in [-0.3, -0.25) is 4.31 Å². The van der Waals surface area contributed by atoms with Crippen molar-refractivity contribution in [3.8, 4) is 12.3 Å². The maximum absolute atomic E-state index is 12.4. The van der Waals surface area contributed by atoms with E-state index in [1.165, 1.54) is 23.5 Å². The first-order valence-corrected chi connectivity index (χ1v) is 7.10. The summed E-state index contributed by atoms with van der Waals surface area (Å²) in [5, 5.41) is 0. The quantitative estimate of drug-likeness (QED) is 0.804. The molecule has 0 bridgehead atoms. The van der Waals surface area contributed by atoms with Crippen LogP contribution in [0.1, 0.15) is 5.56 Å². The Morgan fingerprint density at radius 3 is 2.11 bits per heavy atom. The van der Waals surface area contributed by atoms with Gasteiger partial charge in [-0.05, 0) is 36.4 Å². The number of sulfonamides is 1. The van der Waals surface area contributed by atoms with E-state index < -0.39 is 10.0 Å². The van der Waals surface area contributed by atoms with Gasteiger partial charge in [0.1, 0.15) is 0 Å². The summed E-state index contributed by atoms with van der Waals surface area (Å²) < 4.78 is 26.1. The number of benzene rings is 2. The number of hydrogen-bond donors (Lipinski definition) is 0. The number of anilines is 1. The summed E-state index contributed by atoms with van der Waals surface area (Å²) in [6.45, 7) is 0. The Morgan fingerprint density at radius 2 is 1.58 bits per heavy atom. The van der Waals surface area contributed by atoms with Crippen LogP contribution >= 0.6 is 0 Å². The zero-order chi connectivity index (χ0) is 13.9. The molecule has 0 amide bonds. The van der Waals surface area contributed by atoms with Gasteiger partial charge < -0.3 is 0 Å². The van der Waals surface area contributed by atoms with Gasteiger partial charge in [-0.1, -0.05) is 24.1 Å². The zero-order valence-electron chi connectivity index (χ0n) is 10.4. The Bertz CT molecular complexity index is 698. The van der Waals surface area contributed by atoms with Crippen molar-refractivity contribution in [2.75, 3.05) is 11.4 Å². The maximum atomic E-state index is 12.4. The van der Waals surface area contributed by atoms with Crippen molar-refractivity contribution >= 4 is 15.7 Å². The van der Waals surface area contributed by atoms with Crippen molar-refractivity contribution in [3.63, 3.8) is 0 Å². The van der Waals surface area contributed by atoms with Crippen molar-refractivity contribution in [1.29, 1.82) is 0 Å². The van der Waals surface area contributed by atoms with Crippen molar-refractivity contribution in [1.82, 2.24) is 0 Å². The molecule has 0 aliphatic heterocycles. The highest BCUT2D eigenvalue weighted by molar-refractivity contribution is 7.92. The molecule has 3 nitrogen and oxygen atoms in total. The molecule has 0 unspecified atom stereocenters. The molecule has 2 aromatic rings. The topological polar surface area (TPSA) is 37.4 Å². The molecule has 2 aromatic carbocycles. The highest BCUT2D eigenvalue weighted by Gasteiger charge is 2.20. The number of terminal acetylenes is 1. The minimum atomic E-state index is -3.55. The highest BCUT2D eigenvalue weighted by Crippen LogP contribution is 2.21. The Morgan fingerprint density at radius 1 is 1.00 bits per heavy atom. The lowest BCUT2D eigenvalue weighted by Gasteiger charge is -2.19. The van der Waals surface area contributed by atoms with Crippen LogP contribution in [0.25, 0.3) is 0 Å². The van der Waals surface area contributed by atoms with Crippen LogP contribution in [0.2, 0.25) is 0 Å². The molecule has 2 rings (SSSR count). The first-order chi connectivity index (χ1) is 9.05. The zero-order valence-corrected chi connectivity index (χ0v) is 11.3. The molecule has 0 aliphatic carbocycles. The molecule has 96 valence electrons. The van der Waals surface area contributed by atoms with Gasteiger partial charge in [0.25, 0.3) is 10.0 Å². The number of rotatable bonds is 3. The lowest BCUT2D eigenvalue weighted by Crippen LogP contribution is -2.26. The van der Waals surface area contributed by atoms with Crippen LogP contribution < -0.4 is 4.31 Å². The lowest BCUT2D eigenvalue weighted by molar-refractivity contribution is 0.594. The van der Waals surface area contributed by atoms with Crippen LogP contribution in [-0.2, 0) is 10.0 Å². The fraction of sp³-hybridized carbons (Fsp3) is 0.0667. The van der Waals surface area contributed by atoms with E-state index in [-0.39, 0.29) is 4.90 Å². The number of para-hydroxylation sites is 1. The fourth-order valence-corrected chi connectivity index (χ4v) is 2.85. The Kier molecular flexibility index (Phi) is 3.59. The summed E-state index contributed by atoms with van der Waals surface area (Å²) in [5.41, 5.74) is 1.27. The predicted molar refractivity (Wildman–Crippen MR) is 76.4 cm³/mol. The van der Waals surface area contributed by atoms with Crippen LogP contribution in [-0.4, -0.2) is 15.5 Å². The van der Waals surface area contributed by atoms with Crippen molar-refractivity contribution in [2.24, 2.45) is 0 Å². The summed E-state index contributed by atoms with van der Waals surface area (Å²) in [5.74, 6) is 2.46. The molecule has 0 fully saturated rings. The van der Waals surface area contributed by atoms with Crippen molar-refractivity contribution < 1.29 is 8.42 Å². The van der Waals surface area contributed by atoms with Crippen LogP contribution in [0, 0.1) is 12.3 Å². The number of hydrogen-bond acceptors (Lipinski definition) is 2. The van der Waals surface area contributed by atoms with E-state index in [9.17, 15) is 8.42 Å². The molecular formula is C15H13NO2S. The van der Waals surface area contributed by atoms with E-state index in [4.69, 9.17) is 6.42 Å². The molecule has 0 N–H and O–H groups in total. The van der Waals surface area contributed by atoms with Crippen LogP contribution in [0.5, 0.6) is 0 Å². The molecule has 0 aliphatic rings. The van der Waals surface area contributed by atoms with Crippen molar-refractivity contribution in [2.45, 2.75) is 4.90 Å². The number of nitrogens with zero attached hydrogens (tertiary/aromatic N) is 1. The summed E-state index contributed by atoms with van der Waals surface area (Å²) in [7, 11) is -2.02. The second-order valence-corrected chi connectivity index (χ2v) is 5.95. The van der Waals surface area contributed by atoms with Gasteiger partial charge in [-0.15, -0.1) is 6.42 Å². The Balaban J connectivity index is 2.40. The third-order valence-corrected chi connectivity index (χ3v) is 4.60. The van der Waals surface area contributed by atoms with E-state index in [1.54, 1.807) is 36.4 Å². The van der Waals surface area contributed by atoms with Gasteiger partial charge >= 0.3 is 0 Å². The average molecular weight is 271 g/mol. The molecule has 0 saturated heterocycles. The van der Waals surface area contributed by atoms with Gasteiger partial charge in [-0.2, -0.15) is 0 Å². The minimum absolute atomic E-state index is 0.220. The Labute approximate surface area is 113 Å². The molecule has 0 spiro atoms. The second-order valence-electron chi connectivity index (χ2n) is 3.98. The van der Waals surface area contributed by atoms with E-state index in [1.807, 2.05) is 6.07 Å². The SMILES string of the molecule is C#Cc1ccc(S(=O)(=O)N(C)c2ccccc2)cc1. The van der Waals surface area contributed by atoms with Crippen LogP contribution in [0.3, 0.4) is 0 Å². The van der Waals surface area contributed by atoms with Gasteiger partial charge in [0.05, 0.1) is 10.6 Å². The monoisotopic (exact) mass is 271 g/mol. The summed E-state index contributed by atoms with van der Waals surface area (Å²) in [6.07, 6.45) is 5.25. The minimum Gasteiger partial charge on any atom is -0.269 e. The normalized spacial score (nSPS) is 10.7. The maximum Gasteiger partial charge on any atom is 0.264 e. The molecule has 19 heavy (non-hydrogen) atoms. The fourth-order valence-electron chi connectivity index (χ4n) is 1.66. The van der Waals surface area contributed by atoms with E-state index >= 15 is 0 Å². The largest absolute Gasteiger partial charge is 0.269 e. The molecule has 0 heterocycles. The van der Waals surface area contributed by atoms with Gasteiger partial charge in [0.15, 0.2) is 0 Å². The van der Waals surface area contributed by atoms with Gasteiger partial charge in [0, 0.05) is 12.6 Å². The predicted octanol–water partition coefficient (Wildman–Crippen LogP) is 2.49. The summed E-state index contributed by atoms with van der Waals surface area (Å²) in [6, 6.07) is 15.2. The second kappa shape index (κ2) is 5.17. The third kappa shape index (κ3) is 2.61. The average Bonchev–Trinajstić information content (AvgIpc) is 2.47. The first-order valence-electron chi connectivity index (χ1n) is 5.66. The molecule has 0 aromatic heterocycles. The Hall–Kier alpha value is -2.25. The molecular weight excluding hydrogens is 258 g/mol. The molecule has 0 atom stereocenters. The molecule has 4 heteroatoms. The van der Waals surface area contributed by atoms with Crippen molar-refractivity contribution in [3.05, 3.63) is 60.2 Å². The third-order valence-electron chi connectivity index (χ3n) is 2.80. The van der Waals surface area contributed by atoms with Crippen LogP contribution in [0.15, 0.2) is 59.5 Å². The molecule has 0 radical (unpaired) electrons. The van der Waals surface area contributed by atoms with Gasteiger partial charge in [0.2, 0.25) is 0 Å². The van der Waals surface area contributed by atoms with Crippen LogP contribution in [0.4, 0.5) is 5.69 Å². The van der Waals surface area contributed by atoms with E-state index in [2.05, 4.69) is 5.92 Å². The highest BCUT2D eigenvalue weighted by atomic mass is 32.2. The summed E-state index contributed by atoms with van der Waals surface area (Å²) in [4.78, 5) is 0.220.